The minimum atomic E-state index is -0.833. The number of hydrogen-bond acceptors (Lipinski definition) is 7. The van der Waals surface area contributed by atoms with Gasteiger partial charge in [-0.3, -0.25) is 14.4 Å². The number of nitrogens with one attached hydrogen (secondary N) is 1. The Hall–Kier alpha value is -0.490. The number of rotatable bonds is 4. The fourth-order valence-corrected chi connectivity index (χ4v) is 0.306. The molecule has 0 aliphatic heterocycles. The molecule has 0 saturated carbocycles. The standard InChI is InChI=1S/C4H12N2O.3C2H4O2.Ca.H3N.2H/c5-1-2-6-3-4-7;3*1-2(3)4;;;;/h6-7H,1-5H2;3*1H3,(H,3,4);;1H3;;. The molecule has 10 nitrogen and oxygen atoms in total. The van der Waals surface area contributed by atoms with E-state index in [1.807, 2.05) is 0 Å². The summed E-state index contributed by atoms with van der Waals surface area (Å²) in [6.45, 7) is 5.53. The van der Waals surface area contributed by atoms with Gasteiger partial charge in [0, 0.05) is 40.4 Å². The van der Waals surface area contributed by atoms with Gasteiger partial charge < -0.3 is 37.6 Å². The van der Waals surface area contributed by atoms with E-state index in [1.54, 1.807) is 0 Å². The molecular weight excluding hydrogens is 314 g/mol. The molecule has 0 aromatic rings. The zero-order chi connectivity index (χ0) is 16.3. The number of carboxylic acids is 3. The first-order chi connectivity index (χ1) is 8.61. The second-order valence-corrected chi connectivity index (χ2v) is 2.82. The molecule has 0 aliphatic carbocycles. The molecule has 0 heterocycles. The van der Waals surface area contributed by atoms with Gasteiger partial charge in [-0.1, -0.05) is 0 Å². The summed E-state index contributed by atoms with van der Waals surface area (Å²) < 4.78 is 0. The molecule has 128 valence electrons. The van der Waals surface area contributed by atoms with Crippen LogP contribution in [0.15, 0.2) is 0 Å². The van der Waals surface area contributed by atoms with Gasteiger partial charge in [-0.25, -0.2) is 0 Å². The summed E-state index contributed by atoms with van der Waals surface area (Å²) in [6.07, 6.45) is 0. The number of nitrogens with two attached hydrogens (primary N) is 1. The number of hydrogen-bond donors (Lipinski definition) is 7. The Kier molecular flexibility index (Phi) is 64.7. The molecular formula is C10H29CaN3O7. The minimum absolute atomic E-state index is 0. The summed E-state index contributed by atoms with van der Waals surface area (Å²) in [5.74, 6) is -2.50. The number of aliphatic carboxylic acids is 3. The van der Waals surface area contributed by atoms with Crippen molar-refractivity contribution < 1.29 is 34.8 Å². The fourth-order valence-electron chi connectivity index (χ4n) is 0.306. The molecule has 0 saturated heterocycles. The van der Waals surface area contributed by atoms with Gasteiger partial charge in [0.1, 0.15) is 0 Å². The van der Waals surface area contributed by atoms with Crippen molar-refractivity contribution in [3.8, 4) is 0 Å². The van der Waals surface area contributed by atoms with Crippen LogP contribution in [0.25, 0.3) is 0 Å². The van der Waals surface area contributed by atoms with E-state index < -0.39 is 17.9 Å². The van der Waals surface area contributed by atoms with E-state index in [2.05, 4.69) is 5.32 Å². The molecule has 0 atom stereocenters. The quantitative estimate of drug-likeness (QED) is 0.222. The van der Waals surface area contributed by atoms with Crippen LogP contribution in [0.1, 0.15) is 20.8 Å². The Morgan fingerprint density at radius 2 is 1.14 bits per heavy atom. The number of carboxylic acid groups (broad SMARTS) is 3. The van der Waals surface area contributed by atoms with Crippen LogP contribution < -0.4 is 17.2 Å². The van der Waals surface area contributed by atoms with Crippen LogP contribution in [0.4, 0.5) is 0 Å². The van der Waals surface area contributed by atoms with Gasteiger partial charge in [0.25, 0.3) is 17.9 Å². The van der Waals surface area contributed by atoms with E-state index in [4.69, 9.17) is 40.5 Å². The molecule has 0 rings (SSSR count). The Labute approximate surface area is 154 Å². The maximum atomic E-state index is 9.00. The average Bonchev–Trinajstić information content (AvgIpc) is 2.15. The predicted octanol–water partition coefficient (Wildman–Crippen LogP) is -1.95. The molecule has 11 heteroatoms. The monoisotopic (exact) mass is 343 g/mol. The van der Waals surface area contributed by atoms with Gasteiger partial charge in [-0.2, -0.15) is 0 Å². The molecule has 0 spiro atoms. The van der Waals surface area contributed by atoms with Crippen LogP contribution in [-0.4, -0.2) is 102 Å². The van der Waals surface area contributed by atoms with Crippen molar-refractivity contribution in [3.05, 3.63) is 0 Å². The zero-order valence-electron chi connectivity index (χ0n) is 12.1. The van der Waals surface area contributed by atoms with E-state index in [9.17, 15) is 0 Å². The SMILES string of the molecule is CC(=O)O.CC(=O)O.CC(=O)O.N.NCCNCCO.[CaH2]. The molecule has 10 N–H and O–H groups in total. The zero-order valence-corrected chi connectivity index (χ0v) is 12.1. The third kappa shape index (κ3) is 486. The van der Waals surface area contributed by atoms with Crippen molar-refractivity contribution >= 4 is 55.6 Å². The summed E-state index contributed by atoms with van der Waals surface area (Å²) in [6, 6.07) is 0. The summed E-state index contributed by atoms with van der Waals surface area (Å²) in [7, 11) is 0. The van der Waals surface area contributed by atoms with Gasteiger partial charge in [-0.05, 0) is 0 Å². The molecule has 0 aliphatic rings. The normalized spacial score (nSPS) is 6.71. The number of carbonyl (C=O) groups is 3. The van der Waals surface area contributed by atoms with Crippen LogP contribution in [0.2, 0.25) is 0 Å². The summed E-state index contributed by atoms with van der Waals surface area (Å²) in [5, 5.41) is 33.3. The summed E-state index contributed by atoms with van der Waals surface area (Å²) in [4.78, 5) is 27.0. The van der Waals surface area contributed by atoms with E-state index in [0.29, 0.717) is 13.1 Å². The molecule has 21 heavy (non-hydrogen) atoms. The van der Waals surface area contributed by atoms with Crippen molar-refractivity contribution in [2.75, 3.05) is 26.2 Å². The first-order valence-electron chi connectivity index (χ1n) is 5.21. The molecule has 0 amide bonds. The Morgan fingerprint density at radius 1 is 0.905 bits per heavy atom. The van der Waals surface area contributed by atoms with E-state index in [0.717, 1.165) is 27.3 Å². The second-order valence-electron chi connectivity index (χ2n) is 2.82. The van der Waals surface area contributed by atoms with Crippen LogP contribution in [0, 0.1) is 0 Å². The van der Waals surface area contributed by atoms with Crippen LogP contribution in [-0.2, 0) is 14.4 Å². The Bertz CT molecular complexity index is 186. The van der Waals surface area contributed by atoms with Crippen molar-refractivity contribution in [3.63, 3.8) is 0 Å². The molecule has 0 aromatic heterocycles. The van der Waals surface area contributed by atoms with Crippen molar-refractivity contribution in [1.82, 2.24) is 11.5 Å². The second kappa shape index (κ2) is 36.6. The van der Waals surface area contributed by atoms with E-state index in [1.165, 1.54) is 0 Å². The maximum absolute atomic E-state index is 9.00. The van der Waals surface area contributed by atoms with Crippen molar-refractivity contribution in [2.45, 2.75) is 20.8 Å². The summed E-state index contributed by atoms with van der Waals surface area (Å²) in [5.41, 5.74) is 5.13. The third-order valence-electron chi connectivity index (χ3n) is 0.610. The van der Waals surface area contributed by atoms with Crippen LogP contribution in [0.5, 0.6) is 0 Å². The van der Waals surface area contributed by atoms with Gasteiger partial charge >= 0.3 is 37.7 Å². The fraction of sp³-hybridized carbons (Fsp3) is 0.700. The van der Waals surface area contributed by atoms with Gasteiger partial charge in [0.15, 0.2) is 0 Å². The van der Waals surface area contributed by atoms with Crippen LogP contribution in [0.3, 0.4) is 0 Å². The number of aliphatic hydroxyl groups excluding tert-OH is 1. The first kappa shape index (κ1) is 37.1. The predicted molar refractivity (Wildman–Crippen MR) is 82.5 cm³/mol. The molecule has 0 radical (unpaired) electrons. The van der Waals surface area contributed by atoms with Gasteiger partial charge in [-0.15, -0.1) is 0 Å². The summed E-state index contributed by atoms with van der Waals surface area (Å²) >= 11 is 0. The Morgan fingerprint density at radius 3 is 1.29 bits per heavy atom. The third-order valence-corrected chi connectivity index (χ3v) is 0.610. The molecule has 0 aromatic carbocycles. The van der Waals surface area contributed by atoms with Gasteiger partial charge in [0.05, 0.1) is 6.61 Å². The average molecular weight is 343 g/mol. The van der Waals surface area contributed by atoms with Crippen LogP contribution >= 0.6 is 0 Å². The topological polar surface area (TPSA) is 205 Å². The van der Waals surface area contributed by atoms with E-state index >= 15 is 0 Å². The van der Waals surface area contributed by atoms with Crippen molar-refractivity contribution in [1.29, 1.82) is 0 Å². The number of aliphatic hydroxyl groups is 1. The van der Waals surface area contributed by atoms with Gasteiger partial charge in [0.2, 0.25) is 0 Å². The van der Waals surface area contributed by atoms with E-state index in [-0.39, 0.29) is 50.5 Å². The molecule has 0 bridgehead atoms. The van der Waals surface area contributed by atoms with Crippen molar-refractivity contribution in [2.24, 2.45) is 5.73 Å². The first-order valence-corrected chi connectivity index (χ1v) is 5.21. The molecule has 0 unspecified atom stereocenters. The Balaban J connectivity index is -0.0000000359. The molecule has 0 fully saturated rings.